The molecule has 0 saturated carbocycles. The first-order valence-electron chi connectivity index (χ1n) is 8.26. The number of halogens is 2. The van der Waals surface area contributed by atoms with Crippen molar-refractivity contribution in [1.29, 1.82) is 0 Å². The van der Waals surface area contributed by atoms with Crippen molar-refractivity contribution in [2.45, 2.75) is 13.5 Å². The van der Waals surface area contributed by atoms with Crippen LogP contribution in [0.15, 0.2) is 35.7 Å². The number of hydrogen-bond donors (Lipinski definition) is 2. The number of amides is 2. The number of rotatable bonds is 8. The van der Waals surface area contributed by atoms with Crippen molar-refractivity contribution in [3.8, 4) is 0 Å². The minimum absolute atomic E-state index is 0.0157. The van der Waals surface area contributed by atoms with Crippen molar-refractivity contribution in [2.24, 2.45) is 0 Å². The van der Waals surface area contributed by atoms with Gasteiger partial charge in [-0.3, -0.25) is 9.59 Å². The molecule has 2 N–H and O–H groups in total. The summed E-state index contributed by atoms with van der Waals surface area (Å²) in [5, 5.41) is 5.47. The lowest BCUT2D eigenvalue weighted by atomic mass is 10.3. The van der Waals surface area contributed by atoms with Crippen molar-refractivity contribution in [3.63, 3.8) is 0 Å². The van der Waals surface area contributed by atoms with Crippen LogP contribution in [-0.4, -0.2) is 43.4 Å². The second kappa shape index (κ2) is 9.92. The third-order valence-electron chi connectivity index (χ3n) is 3.80. The molecule has 0 aliphatic carbocycles. The average molecular weight is 415 g/mol. The molecule has 1 atom stereocenters. The summed E-state index contributed by atoms with van der Waals surface area (Å²) in [5.41, 5.74) is 0.396. The predicted octanol–water partition coefficient (Wildman–Crippen LogP) is 2.56. The fraction of sp³-hybridized carbons (Fsp3) is 0.333. The molecule has 0 saturated heterocycles. The zero-order valence-electron chi connectivity index (χ0n) is 14.7. The van der Waals surface area contributed by atoms with Gasteiger partial charge in [-0.2, -0.15) is 0 Å². The summed E-state index contributed by atoms with van der Waals surface area (Å²) in [6.45, 7) is 3.56. The van der Waals surface area contributed by atoms with Crippen molar-refractivity contribution in [2.75, 3.05) is 32.0 Å². The van der Waals surface area contributed by atoms with E-state index in [4.69, 9.17) is 23.2 Å². The maximum atomic E-state index is 12.5. The van der Waals surface area contributed by atoms with Crippen LogP contribution in [0.4, 0.5) is 5.69 Å². The monoisotopic (exact) mass is 414 g/mol. The van der Waals surface area contributed by atoms with E-state index in [-0.39, 0.29) is 24.9 Å². The zero-order valence-corrected chi connectivity index (χ0v) is 17.0. The maximum Gasteiger partial charge on any atom is 0.279 e. The summed E-state index contributed by atoms with van der Waals surface area (Å²) < 4.78 is 0. The molecule has 0 radical (unpaired) electrons. The van der Waals surface area contributed by atoms with Crippen LogP contribution >= 0.6 is 34.5 Å². The second-order valence-electron chi connectivity index (χ2n) is 5.94. The molecule has 26 heavy (non-hydrogen) atoms. The van der Waals surface area contributed by atoms with Gasteiger partial charge in [-0.15, -0.1) is 11.3 Å². The van der Waals surface area contributed by atoms with E-state index in [1.807, 2.05) is 31.5 Å². The Hall–Kier alpha value is -1.60. The molecule has 1 aromatic carbocycles. The van der Waals surface area contributed by atoms with Gasteiger partial charge < -0.3 is 15.1 Å². The Bertz CT molecular complexity index is 733. The van der Waals surface area contributed by atoms with E-state index >= 15 is 0 Å². The normalized spacial score (nSPS) is 11.8. The van der Waals surface area contributed by atoms with Gasteiger partial charge in [0.25, 0.3) is 11.8 Å². The molecule has 2 amide bonds. The van der Waals surface area contributed by atoms with Gasteiger partial charge in [0.05, 0.1) is 29.3 Å². The van der Waals surface area contributed by atoms with Crippen LogP contribution in [0.2, 0.25) is 10.0 Å². The van der Waals surface area contributed by atoms with Crippen molar-refractivity contribution in [3.05, 3.63) is 50.6 Å². The summed E-state index contributed by atoms with van der Waals surface area (Å²) in [7, 11) is 1.81. The highest BCUT2D eigenvalue weighted by Crippen LogP contribution is 2.29. The summed E-state index contributed by atoms with van der Waals surface area (Å²) in [6, 6.07) is 9.01. The predicted molar refractivity (Wildman–Crippen MR) is 107 cm³/mol. The number of likely N-dealkylation sites (N-methyl/N-ethyl adjacent to an activating group) is 2. The molecule has 0 spiro atoms. The number of anilines is 1. The summed E-state index contributed by atoms with van der Waals surface area (Å²) in [4.78, 5) is 28.5. The quantitative estimate of drug-likeness (QED) is 0.697. The van der Waals surface area contributed by atoms with Crippen LogP contribution in [-0.2, 0) is 16.1 Å². The molecule has 5 nitrogen and oxygen atoms in total. The molecule has 2 aromatic rings. The molecule has 140 valence electrons. The molecular weight excluding hydrogens is 393 g/mol. The Balaban J connectivity index is 1.87. The lowest BCUT2D eigenvalue weighted by Gasteiger charge is -2.22. The molecular formula is C18H22Cl2N3O2S+. The smallest absolute Gasteiger partial charge is 0.279 e. The minimum Gasteiger partial charge on any atom is -0.333 e. The SMILES string of the molecule is CCN(Cc1cccs1)C(=O)C[NH+](C)CC(=O)Nc1c(Cl)cccc1Cl. The van der Waals surface area contributed by atoms with Gasteiger partial charge in [0.15, 0.2) is 13.1 Å². The fourth-order valence-electron chi connectivity index (χ4n) is 2.47. The molecule has 0 bridgehead atoms. The zero-order chi connectivity index (χ0) is 19.1. The third kappa shape index (κ3) is 5.99. The molecule has 8 heteroatoms. The Morgan fingerprint density at radius 2 is 1.85 bits per heavy atom. The fourth-order valence-corrected chi connectivity index (χ4v) is 3.69. The number of carbonyl (C=O) groups excluding carboxylic acids is 2. The summed E-state index contributed by atoms with van der Waals surface area (Å²) >= 11 is 13.7. The number of carbonyl (C=O) groups is 2. The van der Waals surface area contributed by atoms with Gasteiger partial charge in [-0.25, -0.2) is 0 Å². The molecule has 1 heterocycles. The van der Waals surface area contributed by atoms with Gasteiger partial charge in [-0.1, -0.05) is 35.3 Å². The molecule has 0 aliphatic heterocycles. The van der Waals surface area contributed by atoms with E-state index in [2.05, 4.69) is 5.32 Å². The molecule has 1 unspecified atom stereocenters. The van der Waals surface area contributed by atoms with E-state index < -0.39 is 0 Å². The lowest BCUT2D eigenvalue weighted by molar-refractivity contribution is -0.862. The lowest BCUT2D eigenvalue weighted by Crippen LogP contribution is -3.11. The number of benzene rings is 1. The molecule has 2 rings (SSSR count). The molecule has 0 aliphatic rings. The van der Waals surface area contributed by atoms with Crippen LogP contribution in [0.3, 0.4) is 0 Å². The Kier molecular flexibility index (Phi) is 7.90. The van der Waals surface area contributed by atoms with E-state index in [9.17, 15) is 9.59 Å². The highest BCUT2D eigenvalue weighted by Gasteiger charge is 2.20. The third-order valence-corrected chi connectivity index (χ3v) is 5.29. The highest BCUT2D eigenvalue weighted by molar-refractivity contribution is 7.09. The van der Waals surface area contributed by atoms with Gasteiger partial charge in [-0.05, 0) is 30.5 Å². The van der Waals surface area contributed by atoms with Crippen LogP contribution in [0.1, 0.15) is 11.8 Å². The number of hydrogen-bond acceptors (Lipinski definition) is 3. The van der Waals surface area contributed by atoms with Crippen molar-refractivity contribution >= 4 is 52.0 Å². The van der Waals surface area contributed by atoms with Crippen LogP contribution in [0.25, 0.3) is 0 Å². The van der Waals surface area contributed by atoms with Crippen molar-refractivity contribution in [1.82, 2.24) is 4.90 Å². The van der Waals surface area contributed by atoms with Crippen LogP contribution < -0.4 is 10.2 Å². The van der Waals surface area contributed by atoms with Gasteiger partial charge in [0.2, 0.25) is 0 Å². The first kappa shape index (κ1) is 20.7. The van der Waals surface area contributed by atoms with Gasteiger partial charge >= 0.3 is 0 Å². The van der Waals surface area contributed by atoms with Crippen LogP contribution in [0.5, 0.6) is 0 Å². The standard InChI is InChI=1S/C18H21Cl2N3O2S/c1-3-23(10-13-6-5-9-26-13)17(25)12-22(2)11-16(24)21-18-14(19)7-4-8-15(18)20/h4-9H,3,10-12H2,1-2H3,(H,21,24)/p+1. The number of nitrogens with zero attached hydrogens (tertiary/aromatic N) is 1. The van der Waals surface area contributed by atoms with Gasteiger partial charge in [0.1, 0.15) is 0 Å². The highest BCUT2D eigenvalue weighted by atomic mass is 35.5. The number of thiophene rings is 1. The minimum atomic E-state index is -0.244. The molecule has 0 fully saturated rings. The topological polar surface area (TPSA) is 53.9 Å². The number of nitrogens with one attached hydrogen (secondary N) is 2. The van der Waals surface area contributed by atoms with E-state index in [1.165, 1.54) is 0 Å². The molecule has 1 aromatic heterocycles. The Morgan fingerprint density at radius 3 is 2.42 bits per heavy atom. The Morgan fingerprint density at radius 1 is 1.15 bits per heavy atom. The maximum absolute atomic E-state index is 12.5. The first-order chi connectivity index (χ1) is 12.4. The van der Waals surface area contributed by atoms with Gasteiger partial charge in [0, 0.05) is 11.4 Å². The number of quaternary nitrogens is 1. The van der Waals surface area contributed by atoms with Crippen molar-refractivity contribution < 1.29 is 14.5 Å². The van der Waals surface area contributed by atoms with Crippen LogP contribution in [0, 0.1) is 0 Å². The number of para-hydroxylation sites is 1. The van der Waals surface area contributed by atoms with E-state index in [0.717, 1.165) is 9.78 Å². The summed E-state index contributed by atoms with van der Waals surface area (Å²) in [6.07, 6.45) is 0. The largest absolute Gasteiger partial charge is 0.333 e. The average Bonchev–Trinajstić information content (AvgIpc) is 3.09. The van der Waals surface area contributed by atoms with E-state index in [1.54, 1.807) is 34.4 Å². The summed E-state index contributed by atoms with van der Waals surface area (Å²) in [5.74, 6) is -0.228. The first-order valence-corrected chi connectivity index (χ1v) is 9.89. The Labute approximate surface area is 167 Å². The second-order valence-corrected chi connectivity index (χ2v) is 7.79. The van der Waals surface area contributed by atoms with E-state index in [0.29, 0.717) is 28.8 Å².